The number of rotatable bonds is 1. The van der Waals surface area contributed by atoms with Crippen LogP contribution in [0.4, 0.5) is 0 Å². The van der Waals surface area contributed by atoms with Gasteiger partial charge in [-0.25, -0.2) is 0 Å². The van der Waals surface area contributed by atoms with Gasteiger partial charge < -0.3 is 9.47 Å². The van der Waals surface area contributed by atoms with Gasteiger partial charge in [0.05, 0.1) is 7.11 Å². The van der Waals surface area contributed by atoms with Crippen molar-refractivity contribution in [2.45, 2.75) is 55.7 Å². The summed E-state index contributed by atoms with van der Waals surface area (Å²) in [6.07, 6.45) is 8.40. The van der Waals surface area contributed by atoms with E-state index in [0.717, 1.165) is 23.3 Å². The highest BCUT2D eigenvalue weighted by molar-refractivity contribution is 7.17. The molecule has 3 aliphatic carbocycles. The minimum absolute atomic E-state index is 0.297. The van der Waals surface area contributed by atoms with Crippen LogP contribution in [0.3, 0.4) is 0 Å². The smallest absolute Gasteiger partial charge is 0.165 e. The van der Waals surface area contributed by atoms with Gasteiger partial charge in [-0.3, -0.25) is 0 Å². The Morgan fingerprint density at radius 3 is 3.05 bits per heavy atom. The Kier molecular flexibility index (Phi) is 2.53. The van der Waals surface area contributed by atoms with E-state index in [4.69, 9.17) is 9.47 Å². The first-order valence-corrected chi connectivity index (χ1v) is 9.05. The normalized spacial score (nSPS) is 42.2. The van der Waals surface area contributed by atoms with Crippen molar-refractivity contribution in [2.75, 3.05) is 7.11 Å². The quantitative estimate of drug-likeness (QED) is 0.736. The summed E-state index contributed by atoms with van der Waals surface area (Å²) in [5.74, 6) is 3.75. The first-order valence-electron chi connectivity index (χ1n) is 8.38. The Labute approximate surface area is 128 Å². The molecule has 2 saturated carbocycles. The summed E-state index contributed by atoms with van der Waals surface area (Å²) in [4.78, 5) is 0. The molecule has 2 bridgehead atoms. The molecule has 1 heterocycles. The van der Waals surface area contributed by atoms with Gasteiger partial charge in [-0.05, 0) is 55.6 Å². The Morgan fingerprint density at radius 2 is 2.19 bits per heavy atom. The lowest BCUT2D eigenvalue weighted by atomic mass is 9.48. The highest BCUT2D eigenvalue weighted by atomic mass is 31.0. The van der Waals surface area contributed by atoms with Gasteiger partial charge in [0.2, 0.25) is 0 Å². The Hall–Kier alpha value is -0.750. The fraction of sp³-hybridized carbons (Fsp3) is 0.667. The topological polar surface area (TPSA) is 18.5 Å². The molecule has 112 valence electrons. The third-order valence-electron chi connectivity index (χ3n) is 6.72. The zero-order valence-corrected chi connectivity index (χ0v) is 13.8. The van der Waals surface area contributed by atoms with Crippen molar-refractivity contribution < 1.29 is 9.47 Å². The van der Waals surface area contributed by atoms with E-state index in [9.17, 15) is 0 Å². The van der Waals surface area contributed by atoms with Gasteiger partial charge in [-0.2, -0.15) is 0 Å². The molecule has 1 aliphatic heterocycles. The number of hydrogen-bond acceptors (Lipinski definition) is 2. The second-order valence-electron chi connectivity index (χ2n) is 7.41. The molecule has 1 aromatic rings. The fourth-order valence-corrected chi connectivity index (χ4v) is 6.69. The third-order valence-corrected chi connectivity index (χ3v) is 7.41. The molecule has 0 aromatic heterocycles. The number of ether oxygens (including phenoxy) is 2. The van der Waals surface area contributed by atoms with E-state index < -0.39 is 0 Å². The van der Waals surface area contributed by atoms with E-state index in [1.807, 2.05) is 0 Å². The molecule has 3 heteroatoms. The largest absolute Gasteiger partial charge is 0.493 e. The van der Waals surface area contributed by atoms with Crippen molar-refractivity contribution in [1.29, 1.82) is 0 Å². The van der Waals surface area contributed by atoms with Crippen LogP contribution in [0.2, 0.25) is 0 Å². The molecule has 2 fully saturated rings. The predicted molar refractivity (Wildman–Crippen MR) is 86.4 cm³/mol. The van der Waals surface area contributed by atoms with Gasteiger partial charge in [-0.1, -0.05) is 12.5 Å². The van der Waals surface area contributed by atoms with Crippen molar-refractivity contribution >= 4 is 9.24 Å². The van der Waals surface area contributed by atoms with Crippen LogP contribution in [0.1, 0.15) is 43.2 Å². The van der Waals surface area contributed by atoms with Gasteiger partial charge in [0.25, 0.3) is 0 Å². The number of benzene rings is 1. The van der Waals surface area contributed by atoms with E-state index in [1.54, 1.807) is 18.2 Å². The van der Waals surface area contributed by atoms with Gasteiger partial charge >= 0.3 is 0 Å². The first kappa shape index (κ1) is 12.8. The van der Waals surface area contributed by atoms with Crippen molar-refractivity contribution in [3.8, 4) is 11.5 Å². The Balaban J connectivity index is 1.81. The lowest BCUT2D eigenvalue weighted by molar-refractivity contribution is -0.0104. The van der Waals surface area contributed by atoms with E-state index in [-0.39, 0.29) is 0 Å². The molecule has 21 heavy (non-hydrogen) atoms. The van der Waals surface area contributed by atoms with E-state index >= 15 is 0 Å². The molecule has 1 aromatic carbocycles. The molecular formula is C18H23O2P. The maximum atomic E-state index is 6.57. The van der Waals surface area contributed by atoms with E-state index in [2.05, 4.69) is 21.4 Å². The van der Waals surface area contributed by atoms with Gasteiger partial charge in [0.15, 0.2) is 11.5 Å². The van der Waals surface area contributed by atoms with Gasteiger partial charge in [-0.15, -0.1) is 9.24 Å². The van der Waals surface area contributed by atoms with Gasteiger partial charge in [0.1, 0.15) is 6.10 Å². The summed E-state index contributed by atoms with van der Waals surface area (Å²) in [6, 6.07) is 4.43. The summed E-state index contributed by atoms with van der Waals surface area (Å²) >= 11 is 0. The molecule has 0 radical (unpaired) electrons. The van der Waals surface area contributed by atoms with Crippen molar-refractivity contribution in [1.82, 2.24) is 0 Å². The van der Waals surface area contributed by atoms with Crippen LogP contribution in [-0.4, -0.2) is 18.9 Å². The Bertz CT molecular complexity index is 613. The van der Waals surface area contributed by atoms with Crippen LogP contribution < -0.4 is 9.47 Å². The van der Waals surface area contributed by atoms with E-state index in [0.29, 0.717) is 17.2 Å². The molecule has 2 nitrogen and oxygen atoms in total. The second kappa shape index (κ2) is 4.16. The van der Waals surface area contributed by atoms with Crippen LogP contribution in [0, 0.1) is 11.8 Å². The summed E-state index contributed by atoms with van der Waals surface area (Å²) in [7, 11) is 4.84. The summed E-state index contributed by atoms with van der Waals surface area (Å²) in [6.45, 7) is 0. The van der Waals surface area contributed by atoms with Crippen LogP contribution in [0.15, 0.2) is 12.1 Å². The molecule has 0 saturated heterocycles. The number of methoxy groups -OCH3 is 1. The minimum Gasteiger partial charge on any atom is -0.493 e. The average Bonchev–Trinajstić information content (AvgIpc) is 2.83. The summed E-state index contributed by atoms with van der Waals surface area (Å²) < 4.78 is 12.2. The fourth-order valence-electron chi connectivity index (χ4n) is 6.08. The van der Waals surface area contributed by atoms with Crippen molar-refractivity contribution in [3.63, 3.8) is 0 Å². The predicted octanol–water partition coefficient (Wildman–Crippen LogP) is 3.70. The highest BCUT2D eigenvalue weighted by Gasteiger charge is 2.63. The molecule has 4 aliphatic rings. The summed E-state index contributed by atoms with van der Waals surface area (Å²) in [5, 5.41) is 0. The van der Waals surface area contributed by atoms with Crippen LogP contribution in [0.25, 0.3) is 0 Å². The molecule has 5 rings (SSSR count). The second-order valence-corrected chi connectivity index (χ2v) is 8.27. The van der Waals surface area contributed by atoms with Crippen LogP contribution >= 0.6 is 9.24 Å². The molecule has 0 amide bonds. The van der Waals surface area contributed by atoms with Crippen LogP contribution in [-0.2, 0) is 11.8 Å². The van der Waals surface area contributed by atoms with Crippen LogP contribution in [0.5, 0.6) is 11.5 Å². The third kappa shape index (κ3) is 1.39. The highest BCUT2D eigenvalue weighted by Crippen LogP contribution is 2.66. The molecule has 0 N–H and O–H groups in total. The molecule has 1 spiro atoms. The van der Waals surface area contributed by atoms with Gasteiger partial charge in [0, 0.05) is 16.6 Å². The Morgan fingerprint density at radius 1 is 1.29 bits per heavy atom. The average molecular weight is 302 g/mol. The molecular weight excluding hydrogens is 279 g/mol. The van der Waals surface area contributed by atoms with Crippen molar-refractivity contribution in [3.05, 3.63) is 23.3 Å². The number of hydrogen-bond donors (Lipinski definition) is 0. The molecule has 3 unspecified atom stereocenters. The lowest BCUT2D eigenvalue weighted by Crippen LogP contribution is -2.58. The minimum atomic E-state index is 0.297. The SMILES string of the molecule is COc1ccc2c3c1O[C@@H]1C(P)CCC4[C@@H](CCC[C@]341)C2. The zero-order chi connectivity index (χ0) is 14.2. The first-order chi connectivity index (χ1) is 10.3. The lowest BCUT2D eigenvalue weighted by Gasteiger charge is -2.56. The monoisotopic (exact) mass is 302 g/mol. The maximum absolute atomic E-state index is 6.57. The summed E-state index contributed by atoms with van der Waals surface area (Å²) in [5.41, 5.74) is 3.97. The van der Waals surface area contributed by atoms with E-state index in [1.165, 1.54) is 38.5 Å². The maximum Gasteiger partial charge on any atom is 0.165 e. The van der Waals surface area contributed by atoms with Crippen molar-refractivity contribution in [2.24, 2.45) is 11.8 Å². The zero-order valence-electron chi connectivity index (χ0n) is 12.6. The molecule has 6 atom stereocenters. The standard InChI is InChI=1S/C18H23O2P/c1-19-13-6-4-11-9-10-3-2-8-18-12(10)5-7-14(21)17(18)20-16(13)15(11)18/h4,6,10,12,14,17H,2-3,5,7-9,21H2,1H3/t10-,12?,14?,17+,18+/m0/s1.